The van der Waals surface area contributed by atoms with E-state index in [2.05, 4.69) is 5.32 Å². The molecule has 1 aromatic carbocycles. The zero-order valence-corrected chi connectivity index (χ0v) is 14.3. The second-order valence-electron chi connectivity index (χ2n) is 6.79. The molecule has 24 heavy (non-hydrogen) atoms. The van der Waals surface area contributed by atoms with E-state index in [1.165, 1.54) is 5.56 Å². The van der Waals surface area contributed by atoms with Crippen LogP contribution in [0.25, 0.3) is 0 Å². The van der Waals surface area contributed by atoms with Crippen LogP contribution in [0.5, 0.6) is 5.75 Å². The highest BCUT2D eigenvalue weighted by Crippen LogP contribution is 2.32. The van der Waals surface area contributed by atoms with E-state index in [9.17, 15) is 9.59 Å². The zero-order chi connectivity index (χ0) is 16.9. The van der Waals surface area contributed by atoms with Gasteiger partial charge in [-0.05, 0) is 49.8 Å². The first-order valence-electron chi connectivity index (χ1n) is 8.87. The Morgan fingerprint density at radius 1 is 1.17 bits per heavy atom. The second kappa shape index (κ2) is 7.69. The fourth-order valence-electron chi connectivity index (χ4n) is 3.25. The van der Waals surface area contributed by atoms with Gasteiger partial charge in [-0.15, -0.1) is 0 Å². The van der Waals surface area contributed by atoms with E-state index in [-0.39, 0.29) is 23.7 Å². The lowest BCUT2D eigenvalue weighted by atomic mass is 9.96. The van der Waals surface area contributed by atoms with Crippen molar-refractivity contribution in [1.82, 2.24) is 10.2 Å². The molecule has 1 aliphatic heterocycles. The Morgan fingerprint density at radius 3 is 2.58 bits per heavy atom. The van der Waals surface area contributed by atoms with Crippen molar-refractivity contribution in [2.45, 2.75) is 32.1 Å². The van der Waals surface area contributed by atoms with Crippen LogP contribution in [0, 0.1) is 11.8 Å². The van der Waals surface area contributed by atoms with Gasteiger partial charge in [0.25, 0.3) is 0 Å². The summed E-state index contributed by atoms with van der Waals surface area (Å²) in [6.07, 6.45) is 4.65. The summed E-state index contributed by atoms with van der Waals surface area (Å²) in [7, 11) is 1.65. The second-order valence-corrected chi connectivity index (χ2v) is 6.79. The Kier molecular flexibility index (Phi) is 5.38. The minimum absolute atomic E-state index is 0.0580. The Bertz CT molecular complexity index is 581. The number of nitrogens with one attached hydrogen (secondary N) is 1. The van der Waals surface area contributed by atoms with Gasteiger partial charge in [-0.1, -0.05) is 12.1 Å². The minimum Gasteiger partial charge on any atom is -0.497 e. The predicted molar refractivity (Wildman–Crippen MR) is 91.7 cm³/mol. The first-order valence-corrected chi connectivity index (χ1v) is 8.87. The number of carbonyl (C=O) groups is 2. The molecule has 5 heteroatoms. The fourth-order valence-corrected chi connectivity index (χ4v) is 3.25. The van der Waals surface area contributed by atoms with Crippen LogP contribution in [0.2, 0.25) is 0 Å². The smallest absolute Gasteiger partial charge is 0.225 e. The molecule has 0 aromatic heterocycles. The highest BCUT2D eigenvalue weighted by Gasteiger charge is 2.36. The van der Waals surface area contributed by atoms with Gasteiger partial charge < -0.3 is 15.0 Å². The van der Waals surface area contributed by atoms with Crippen molar-refractivity contribution in [1.29, 1.82) is 0 Å². The predicted octanol–water partition coefficient (Wildman–Crippen LogP) is 2.00. The van der Waals surface area contributed by atoms with Gasteiger partial charge in [0.1, 0.15) is 5.75 Å². The van der Waals surface area contributed by atoms with Crippen LogP contribution in [0.1, 0.15) is 31.2 Å². The molecule has 1 unspecified atom stereocenters. The summed E-state index contributed by atoms with van der Waals surface area (Å²) in [5.74, 6) is 1.35. The maximum atomic E-state index is 12.4. The summed E-state index contributed by atoms with van der Waals surface area (Å²) in [4.78, 5) is 26.4. The molecule has 5 nitrogen and oxygen atoms in total. The Morgan fingerprint density at radius 2 is 1.92 bits per heavy atom. The number of rotatable bonds is 6. The average molecular weight is 330 g/mol. The molecule has 1 aromatic rings. The highest BCUT2D eigenvalue weighted by molar-refractivity contribution is 5.83. The number of piperidine rings is 1. The van der Waals surface area contributed by atoms with Gasteiger partial charge in [-0.3, -0.25) is 9.59 Å². The average Bonchev–Trinajstić information content (AvgIpc) is 3.47. The van der Waals surface area contributed by atoms with Crippen LogP contribution in [0.15, 0.2) is 24.3 Å². The number of benzene rings is 1. The van der Waals surface area contributed by atoms with Gasteiger partial charge in [0, 0.05) is 25.6 Å². The largest absolute Gasteiger partial charge is 0.497 e. The first-order chi connectivity index (χ1) is 11.7. The van der Waals surface area contributed by atoms with Gasteiger partial charge >= 0.3 is 0 Å². The summed E-state index contributed by atoms with van der Waals surface area (Å²) in [5, 5.41) is 3.03. The van der Waals surface area contributed by atoms with Crippen molar-refractivity contribution in [2.75, 3.05) is 26.7 Å². The Balaban J connectivity index is 1.43. The summed E-state index contributed by atoms with van der Waals surface area (Å²) in [6.45, 7) is 2.02. The quantitative estimate of drug-likeness (QED) is 0.868. The van der Waals surface area contributed by atoms with Crippen molar-refractivity contribution in [2.24, 2.45) is 11.8 Å². The Labute approximate surface area is 143 Å². The minimum atomic E-state index is -0.0580. The van der Waals surface area contributed by atoms with Crippen LogP contribution in [0.3, 0.4) is 0 Å². The lowest BCUT2D eigenvalue weighted by Crippen LogP contribution is -2.46. The molecule has 1 heterocycles. The topological polar surface area (TPSA) is 58.6 Å². The molecule has 1 saturated heterocycles. The maximum absolute atomic E-state index is 12.4. The molecular weight excluding hydrogens is 304 g/mol. The third-order valence-corrected chi connectivity index (χ3v) is 4.90. The number of hydrogen-bond acceptors (Lipinski definition) is 3. The molecule has 2 amide bonds. The molecule has 0 spiro atoms. The maximum Gasteiger partial charge on any atom is 0.225 e. The fraction of sp³-hybridized carbons (Fsp3) is 0.579. The SMILES string of the molecule is COc1ccc(CCNC(=O)C2CCCN(C(=O)C3CC3)C2)cc1. The van der Waals surface area contributed by atoms with E-state index in [1.54, 1.807) is 7.11 Å². The molecular formula is C19H26N2O3. The van der Waals surface area contributed by atoms with Gasteiger partial charge in [-0.2, -0.15) is 0 Å². The van der Waals surface area contributed by atoms with E-state index in [4.69, 9.17) is 4.74 Å². The number of likely N-dealkylation sites (tertiary alicyclic amines) is 1. The van der Waals surface area contributed by atoms with Crippen molar-refractivity contribution >= 4 is 11.8 Å². The number of nitrogens with zero attached hydrogens (tertiary/aromatic N) is 1. The van der Waals surface area contributed by atoms with Crippen molar-refractivity contribution < 1.29 is 14.3 Å². The van der Waals surface area contributed by atoms with Crippen LogP contribution in [-0.4, -0.2) is 43.5 Å². The molecule has 0 radical (unpaired) electrons. The van der Waals surface area contributed by atoms with Crippen LogP contribution >= 0.6 is 0 Å². The molecule has 2 aliphatic rings. The zero-order valence-electron chi connectivity index (χ0n) is 14.3. The van der Waals surface area contributed by atoms with Crippen LogP contribution in [0.4, 0.5) is 0 Å². The van der Waals surface area contributed by atoms with Crippen LogP contribution in [-0.2, 0) is 16.0 Å². The van der Waals surface area contributed by atoms with Gasteiger partial charge in [-0.25, -0.2) is 0 Å². The lowest BCUT2D eigenvalue weighted by Gasteiger charge is -2.32. The first kappa shape index (κ1) is 16.8. The number of carbonyl (C=O) groups excluding carboxylic acids is 2. The van der Waals surface area contributed by atoms with Gasteiger partial charge in [0.05, 0.1) is 13.0 Å². The molecule has 3 rings (SSSR count). The number of hydrogen-bond donors (Lipinski definition) is 1. The molecule has 0 bridgehead atoms. The molecule has 130 valence electrons. The van der Waals surface area contributed by atoms with E-state index in [1.807, 2.05) is 29.2 Å². The molecule has 1 atom stereocenters. The summed E-state index contributed by atoms with van der Waals surface area (Å²) < 4.78 is 5.14. The third-order valence-electron chi connectivity index (χ3n) is 4.90. The highest BCUT2D eigenvalue weighted by atomic mass is 16.5. The number of ether oxygens (including phenoxy) is 1. The summed E-state index contributed by atoms with van der Waals surface area (Å²) >= 11 is 0. The third kappa shape index (κ3) is 4.28. The standard InChI is InChI=1S/C19H26N2O3/c1-24-17-8-4-14(5-9-17)10-11-20-18(22)16-3-2-12-21(13-16)19(23)15-6-7-15/h4-5,8-9,15-16H,2-3,6-7,10-13H2,1H3,(H,20,22). The van der Waals surface area contributed by atoms with Crippen LogP contribution < -0.4 is 10.1 Å². The Hall–Kier alpha value is -2.04. The van der Waals surface area contributed by atoms with Gasteiger partial charge in [0.15, 0.2) is 0 Å². The lowest BCUT2D eigenvalue weighted by molar-refractivity contribution is -0.136. The normalized spacial score (nSPS) is 20.5. The summed E-state index contributed by atoms with van der Waals surface area (Å²) in [5.41, 5.74) is 1.17. The van der Waals surface area contributed by atoms with E-state index in [0.717, 1.165) is 44.4 Å². The molecule has 1 saturated carbocycles. The van der Waals surface area contributed by atoms with Crippen molar-refractivity contribution in [3.63, 3.8) is 0 Å². The monoisotopic (exact) mass is 330 g/mol. The number of amides is 2. The molecule has 2 fully saturated rings. The van der Waals surface area contributed by atoms with Crippen molar-refractivity contribution in [3.8, 4) is 5.75 Å². The van der Waals surface area contributed by atoms with Crippen molar-refractivity contribution in [3.05, 3.63) is 29.8 Å². The van der Waals surface area contributed by atoms with E-state index < -0.39 is 0 Å². The van der Waals surface area contributed by atoms with Gasteiger partial charge in [0.2, 0.25) is 11.8 Å². The molecule has 1 N–H and O–H groups in total. The molecule has 1 aliphatic carbocycles. The summed E-state index contributed by atoms with van der Waals surface area (Å²) in [6, 6.07) is 7.89. The van der Waals surface area contributed by atoms with E-state index >= 15 is 0 Å². The van der Waals surface area contributed by atoms with E-state index in [0.29, 0.717) is 13.1 Å². The number of methoxy groups -OCH3 is 1.